The lowest BCUT2D eigenvalue weighted by molar-refractivity contribution is 0.102. The maximum atomic E-state index is 13.3. The van der Waals surface area contributed by atoms with E-state index in [-0.39, 0.29) is 10.6 Å². The Morgan fingerprint density at radius 3 is 2.38 bits per heavy atom. The zero-order valence-corrected chi connectivity index (χ0v) is 13.0. The van der Waals surface area contributed by atoms with Crippen LogP contribution in [0.2, 0.25) is 0 Å². The van der Waals surface area contributed by atoms with Crippen molar-refractivity contribution in [2.45, 2.75) is 4.90 Å². The summed E-state index contributed by atoms with van der Waals surface area (Å²) >= 11 is 0. The smallest absolute Gasteiger partial charge is 0.274 e. The van der Waals surface area contributed by atoms with E-state index in [4.69, 9.17) is 5.14 Å². The third kappa shape index (κ3) is 3.39. The number of hydrogen-bond donors (Lipinski definition) is 2. The van der Waals surface area contributed by atoms with Crippen LogP contribution in [0.1, 0.15) is 10.5 Å². The van der Waals surface area contributed by atoms with Crippen LogP contribution in [0.4, 0.5) is 10.1 Å². The Bertz CT molecular complexity index is 1030. The molecular weight excluding hydrogens is 333 g/mol. The number of aromatic nitrogens is 1. The first-order valence-electron chi connectivity index (χ1n) is 6.83. The summed E-state index contributed by atoms with van der Waals surface area (Å²) in [7, 11) is -3.79. The van der Waals surface area contributed by atoms with E-state index >= 15 is 0 Å². The minimum atomic E-state index is -3.79. The van der Waals surface area contributed by atoms with Gasteiger partial charge in [0.2, 0.25) is 10.0 Å². The van der Waals surface area contributed by atoms with E-state index in [9.17, 15) is 17.6 Å². The molecule has 6 nitrogen and oxygen atoms in total. The maximum Gasteiger partial charge on any atom is 0.274 e. The molecule has 1 heterocycles. The molecule has 0 atom stereocenters. The van der Waals surface area contributed by atoms with Crippen molar-refractivity contribution in [3.8, 4) is 0 Å². The van der Waals surface area contributed by atoms with Crippen molar-refractivity contribution >= 4 is 32.5 Å². The molecule has 8 heteroatoms. The average Bonchev–Trinajstić information content (AvgIpc) is 2.53. The highest BCUT2D eigenvalue weighted by Gasteiger charge is 2.11. The number of benzene rings is 2. The van der Waals surface area contributed by atoms with Crippen molar-refractivity contribution in [3.05, 3.63) is 66.1 Å². The predicted molar refractivity (Wildman–Crippen MR) is 87.5 cm³/mol. The van der Waals surface area contributed by atoms with Gasteiger partial charge >= 0.3 is 0 Å². The SMILES string of the molecule is NS(=O)(=O)c1ccc(NC(=O)c2ccc3ccc(F)cc3n2)cc1. The molecule has 3 rings (SSSR count). The number of nitrogens with one attached hydrogen (secondary N) is 1. The van der Waals surface area contributed by atoms with Gasteiger partial charge in [0.25, 0.3) is 5.91 Å². The van der Waals surface area contributed by atoms with E-state index in [1.54, 1.807) is 12.1 Å². The van der Waals surface area contributed by atoms with Crippen molar-refractivity contribution in [1.82, 2.24) is 4.98 Å². The first-order valence-corrected chi connectivity index (χ1v) is 8.38. The Morgan fingerprint density at radius 2 is 1.71 bits per heavy atom. The van der Waals surface area contributed by atoms with Gasteiger partial charge in [-0.2, -0.15) is 0 Å². The second kappa shape index (κ2) is 5.99. The van der Waals surface area contributed by atoms with Gasteiger partial charge in [-0.25, -0.2) is 22.9 Å². The second-order valence-electron chi connectivity index (χ2n) is 5.06. The lowest BCUT2D eigenvalue weighted by atomic mass is 10.2. The summed E-state index contributed by atoms with van der Waals surface area (Å²) in [4.78, 5) is 16.3. The van der Waals surface area contributed by atoms with Crippen molar-refractivity contribution in [2.75, 3.05) is 5.32 Å². The summed E-state index contributed by atoms with van der Waals surface area (Å²) in [5.74, 6) is -0.935. The number of primary sulfonamides is 1. The van der Waals surface area contributed by atoms with Crippen molar-refractivity contribution < 1.29 is 17.6 Å². The zero-order valence-electron chi connectivity index (χ0n) is 12.2. The van der Waals surface area contributed by atoms with E-state index in [1.807, 2.05) is 0 Å². The number of carbonyl (C=O) groups excluding carboxylic acids is 1. The molecule has 0 fully saturated rings. The summed E-state index contributed by atoms with van der Waals surface area (Å²) in [6.45, 7) is 0. The maximum absolute atomic E-state index is 13.3. The van der Waals surface area contributed by atoms with E-state index in [1.165, 1.54) is 42.5 Å². The van der Waals surface area contributed by atoms with Crippen LogP contribution in [-0.4, -0.2) is 19.3 Å². The number of nitrogens with zero attached hydrogens (tertiary/aromatic N) is 1. The minimum Gasteiger partial charge on any atom is -0.321 e. The third-order valence-corrected chi connectivity index (χ3v) is 4.26. The van der Waals surface area contributed by atoms with E-state index in [2.05, 4.69) is 10.3 Å². The molecule has 0 bridgehead atoms. The Hall–Kier alpha value is -2.84. The van der Waals surface area contributed by atoms with Gasteiger partial charge < -0.3 is 5.32 Å². The molecule has 3 aromatic rings. The minimum absolute atomic E-state index is 0.0557. The highest BCUT2D eigenvalue weighted by molar-refractivity contribution is 7.89. The van der Waals surface area contributed by atoms with Crippen LogP contribution in [0.3, 0.4) is 0 Å². The molecule has 24 heavy (non-hydrogen) atoms. The molecule has 1 amide bonds. The molecule has 0 aliphatic carbocycles. The van der Waals surface area contributed by atoms with Crippen LogP contribution in [-0.2, 0) is 10.0 Å². The second-order valence-corrected chi connectivity index (χ2v) is 6.62. The lowest BCUT2D eigenvalue weighted by Gasteiger charge is -2.06. The monoisotopic (exact) mass is 345 g/mol. The van der Waals surface area contributed by atoms with Gasteiger partial charge in [-0.3, -0.25) is 4.79 Å². The van der Waals surface area contributed by atoms with Crippen molar-refractivity contribution in [3.63, 3.8) is 0 Å². The Morgan fingerprint density at radius 1 is 1.04 bits per heavy atom. The number of fused-ring (bicyclic) bond motifs is 1. The molecule has 0 spiro atoms. The zero-order chi connectivity index (χ0) is 17.3. The van der Waals surface area contributed by atoms with E-state index in [0.29, 0.717) is 16.6 Å². The summed E-state index contributed by atoms with van der Waals surface area (Å²) in [5, 5.41) is 8.31. The fourth-order valence-corrected chi connectivity index (χ4v) is 2.66. The predicted octanol–water partition coefficient (Wildman–Crippen LogP) is 2.27. The number of hydrogen-bond acceptors (Lipinski definition) is 4. The molecule has 122 valence electrons. The summed E-state index contributed by atoms with van der Waals surface area (Å²) in [6, 6.07) is 12.7. The fourth-order valence-electron chi connectivity index (χ4n) is 2.14. The van der Waals surface area contributed by atoms with Crippen molar-refractivity contribution in [1.29, 1.82) is 0 Å². The fraction of sp³-hybridized carbons (Fsp3) is 0. The number of pyridine rings is 1. The molecule has 0 saturated carbocycles. The first kappa shape index (κ1) is 16.0. The number of anilines is 1. The number of rotatable bonds is 3. The normalized spacial score (nSPS) is 11.4. The summed E-state index contributed by atoms with van der Waals surface area (Å²) in [6.07, 6.45) is 0. The standard InChI is InChI=1S/C16H12FN3O3S/c17-11-3-1-10-2-8-14(20-15(10)9-11)16(21)19-12-4-6-13(7-5-12)24(18,22)23/h1-9H,(H,19,21)(H2,18,22,23). The molecule has 0 saturated heterocycles. The van der Waals surface area contributed by atoms with Crippen LogP contribution < -0.4 is 10.5 Å². The van der Waals surface area contributed by atoms with Gasteiger partial charge in [-0.15, -0.1) is 0 Å². The number of halogens is 1. The molecular formula is C16H12FN3O3S. The van der Waals surface area contributed by atoms with Crippen LogP contribution in [0.5, 0.6) is 0 Å². The van der Waals surface area contributed by atoms with Gasteiger partial charge in [0.15, 0.2) is 0 Å². The molecule has 1 aromatic heterocycles. The van der Waals surface area contributed by atoms with Gasteiger partial charge in [-0.1, -0.05) is 6.07 Å². The highest BCUT2D eigenvalue weighted by atomic mass is 32.2. The molecule has 0 aliphatic heterocycles. The first-order chi connectivity index (χ1) is 11.3. The van der Waals surface area contributed by atoms with Gasteiger partial charge in [0.1, 0.15) is 11.5 Å². The number of amides is 1. The topological polar surface area (TPSA) is 102 Å². The van der Waals surface area contributed by atoms with E-state index in [0.717, 1.165) is 0 Å². The molecule has 0 radical (unpaired) electrons. The molecule has 0 aliphatic rings. The van der Waals surface area contributed by atoms with Gasteiger partial charge in [0, 0.05) is 17.1 Å². The summed E-state index contributed by atoms with van der Waals surface area (Å²) in [5.41, 5.74) is 0.865. The quantitative estimate of drug-likeness (QED) is 0.760. The lowest BCUT2D eigenvalue weighted by Crippen LogP contribution is -2.14. The number of sulfonamides is 1. The number of nitrogens with two attached hydrogens (primary N) is 1. The molecule has 2 aromatic carbocycles. The van der Waals surface area contributed by atoms with Crippen LogP contribution in [0, 0.1) is 5.82 Å². The largest absolute Gasteiger partial charge is 0.321 e. The van der Waals surface area contributed by atoms with Crippen LogP contribution in [0.25, 0.3) is 10.9 Å². The Kier molecular flexibility index (Phi) is 4.00. The molecule has 3 N–H and O–H groups in total. The summed E-state index contributed by atoms with van der Waals surface area (Å²) < 4.78 is 35.6. The van der Waals surface area contributed by atoms with Crippen LogP contribution >= 0.6 is 0 Å². The highest BCUT2D eigenvalue weighted by Crippen LogP contribution is 2.16. The van der Waals surface area contributed by atoms with Gasteiger partial charge in [0.05, 0.1) is 10.4 Å². The number of carbonyl (C=O) groups is 1. The van der Waals surface area contributed by atoms with E-state index < -0.39 is 21.7 Å². The van der Waals surface area contributed by atoms with Crippen molar-refractivity contribution in [2.24, 2.45) is 5.14 Å². The van der Waals surface area contributed by atoms with Gasteiger partial charge in [-0.05, 0) is 42.5 Å². The third-order valence-electron chi connectivity index (χ3n) is 3.33. The van der Waals surface area contributed by atoms with Crippen LogP contribution in [0.15, 0.2) is 59.5 Å². The molecule has 0 unspecified atom stereocenters. The average molecular weight is 345 g/mol. The Balaban J connectivity index is 1.84. The Labute approximate surface area is 137 Å².